The lowest BCUT2D eigenvalue weighted by Crippen LogP contribution is -2.44. The van der Waals surface area contributed by atoms with Crippen LogP contribution in [-0.2, 0) is 11.3 Å². The van der Waals surface area contributed by atoms with Gasteiger partial charge in [-0.05, 0) is 24.4 Å². The van der Waals surface area contributed by atoms with E-state index in [4.69, 9.17) is 4.74 Å². The second-order valence-electron chi connectivity index (χ2n) is 5.91. The van der Waals surface area contributed by atoms with Crippen LogP contribution in [0.1, 0.15) is 12.5 Å². The van der Waals surface area contributed by atoms with Crippen LogP contribution in [0, 0.1) is 0 Å². The van der Waals surface area contributed by atoms with E-state index >= 15 is 0 Å². The van der Waals surface area contributed by atoms with Crippen molar-refractivity contribution in [3.05, 3.63) is 46.2 Å². The number of nitrogens with one attached hydrogen (secondary N) is 2. The molecule has 1 aliphatic heterocycles. The number of nitrogens with zero attached hydrogens (tertiary/aromatic N) is 1. The third kappa shape index (κ3) is 3.74. The fraction of sp³-hybridized carbons (Fsp3) is 0.471. The molecule has 22 heavy (non-hydrogen) atoms. The molecule has 5 nitrogen and oxygen atoms in total. The van der Waals surface area contributed by atoms with Gasteiger partial charge in [0, 0.05) is 43.3 Å². The lowest BCUT2D eigenvalue weighted by atomic mass is 10.1. The van der Waals surface area contributed by atoms with Crippen molar-refractivity contribution in [2.75, 3.05) is 32.8 Å². The summed E-state index contributed by atoms with van der Waals surface area (Å²) in [6.07, 6.45) is 0. The van der Waals surface area contributed by atoms with Crippen molar-refractivity contribution < 1.29 is 4.74 Å². The fourth-order valence-corrected chi connectivity index (χ4v) is 2.84. The summed E-state index contributed by atoms with van der Waals surface area (Å²) < 4.78 is 5.36. The predicted molar refractivity (Wildman–Crippen MR) is 88.1 cm³/mol. The van der Waals surface area contributed by atoms with Crippen molar-refractivity contribution in [2.45, 2.75) is 19.5 Å². The quantitative estimate of drug-likeness (QED) is 0.875. The van der Waals surface area contributed by atoms with Gasteiger partial charge in [-0.2, -0.15) is 0 Å². The molecule has 2 heterocycles. The van der Waals surface area contributed by atoms with Crippen LogP contribution in [0.4, 0.5) is 0 Å². The topological polar surface area (TPSA) is 57.4 Å². The van der Waals surface area contributed by atoms with Crippen molar-refractivity contribution >= 4 is 10.9 Å². The largest absolute Gasteiger partial charge is 0.379 e. The molecule has 0 amide bonds. The van der Waals surface area contributed by atoms with E-state index in [-0.39, 0.29) is 5.56 Å². The first-order valence-electron chi connectivity index (χ1n) is 7.87. The maximum absolute atomic E-state index is 12.1. The Bertz CT molecular complexity index is 677. The first-order valence-corrected chi connectivity index (χ1v) is 7.87. The Morgan fingerprint density at radius 1 is 1.32 bits per heavy atom. The van der Waals surface area contributed by atoms with E-state index in [9.17, 15) is 4.79 Å². The van der Waals surface area contributed by atoms with Gasteiger partial charge in [-0.25, -0.2) is 0 Å². The molecule has 1 aromatic carbocycles. The number of morpholine rings is 1. The minimum Gasteiger partial charge on any atom is -0.379 e. The van der Waals surface area contributed by atoms with Gasteiger partial charge in [-0.15, -0.1) is 0 Å². The molecule has 1 unspecified atom stereocenters. The molecule has 3 rings (SSSR count). The predicted octanol–water partition coefficient (Wildman–Crippen LogP) is 1.34. The summed E-state index contributed by atoms with van der Waals surface area (Å²) in [7, 11) is 0. The summed E-state index contributed by atoms with van der Waals surface area (Å²) in [5.74, 6) is 0. The van der Waals surface area contributed by atoms with E-state index in [1.54, 1.807) is 0 Å². The molecule has 2 aromatic rings. The highest BCUT2D eigenvalue weighted by Gasteiger charge is 2.13. The Morgan fingerprint density at radius 2 is 2.09 bits per heavy atom. The first-order chi connectivity index (χ1) is 10.7. The van der Waals surface area contributed by atoms with Gasteiger partial charge in [0.25, 0.3) is 5.56 Å². The Kier molecular flexibility index (Phi) is 4.87. The molecule has 1 atom stereocenters. The van der Waals surface area contributed by atoms with Crippen molar-refractivity contribution in [3.8, 4) is 0 Å². The third-order valence-electron chi connectivity index (χ3n) is 4.11. The van der Waals surface area contributed by atoms with Crippen molar-refractivity contribution in [1.29, 1.82) is 0 Å². The number of hydrogen-bond acceptors (Lipinski definition) is 4. The number of aromatic amines is 1. The third-order valence-corrected chi connectivity index (χ3v) is 4.11. The zero-order valence-corrected chi connectivity index (χ0v) is 13.0. The van der Waals surface area contributed by atoms with Gasteiger partial charge >= 0.3 is 0 Å². The summed E-state index contributed by atoms with van der Waals surface area (Å²) in [6.45, 7) is 7.34. The van der Waals surface area contributed by atoms with Crippen molar-refractivity contribution in [1.82, 2.24) is 15.2 Å². The average Bonchev–Trinajstić information content (AvgIpc) is 2.54. The Labute approximate surface area is 130 Å². The zero-order valence-electron chi connectivity index (χ0n) is 13.0. The van der Waals surface area contributed by atoms with Crippen LogP contribution >= 0.6 is 0 Å². The summed E-state index contributed by atoms with van der Waals surface area (Å²) in [5, 5.41) is 4.52. The number of pyridine rings is 1. The monoisotopic (exact) mass is 301 g/mol. The fourth-order valence-electron chi connectivity index (χ4n) is 2.84. The minimum atomic E-state index is -0.00947. The molecule has 1 aliphatic rings. The molecule has 118 valence electrons. The molecule has 0 spiro atoms. The Balaban J connectivity index is 1.60. The molecule has 5 heteroatoms. The minimum absolute atomic E-state index is 0.00947. The first kappa shape index (κ1) is 15.2. The lowest BCUT2D eigenvalue weighted by Gasteiger charge is -2.29. The normalized spacial score (nSPS) is 17.7. The van der Waals surface area contributed by atoms with Crippen molar-refractivity contribution in [3.63, 3.8) is 0 Å². The molecule has 1 fully saturated rings. The van der Waals surface area contributed by atoms with Gasteiger partial charge in [0.1, 0.15) is 0 Å². The van der Waals surface area contributed by atoms with Crippen LogP contribution in [-0.4, -0.2) is 48.8 Å². The van der Waals surface area contributed by atoms with Gasteiger partial charge in [-0.1, -0.05) is 18.2 Å². The molecule has 1 saturated heterocycles. The smallest absolute Gasteiger partial charge is 0.252 e. The van der Waals surface area contributed by atoms with Crippen LogP contribution < -0.4 is 10.9 Å². The second kappa shape index (κ2) is 7.05. The number of aromatic nitrogens is 1. The molecule has 0 saturated carbocycles. The molecule has 0 radical (unpaired) electrons. The summed E-state index contributed by atoms with van der Waals surface area (Å²) >= 11 is 0. The van der Waals surface area contributed by atoms with Crippen LogP contribution in [0.15, 0.2) is 35.1 Å². The average molecular weight is 301 g/mol. The van der Waals surface area contributed by atoms with Gasteiger partial charge < -0.3 is 15.0 Å². The molecule has 1 aromatic heterocycles. The van der Waals surface area contributed by atoms with Crippen LogP contribution in [0.25, 0.3) is 10.9 Å². The van der Waals surface area contributed by atoms with Crippen LogP contribution in [0.3, 0.4) is 0 Å². The number of ether oxygens (including phenoxy) is 1. The van der Waals surface area contributed by atoms with Gasteiger partial charge in [0.15, 0.2) is 0 Å². The summed E-state index contributed by atoms with van der Waals surface area (Å²) in [5.41, 5.74) is 1.66. The molecular weight excluding hydrogens is 278 g/mol. The molecule has 0 bridgehead atoms. The zero-order chi connectivity index (χ0) is 15.4. The van der Waals surface area contributed by atoms with Crippen LogP contribution in [0.2, 0.25) is 0 Å². The van der Waals surface area contributed by atoms with E-state index in [0.29, 0.717) is 12.6 Å². The summed E-state index contributed by atoms with van der Waals surface area (Å²) in [6, 6.07) is 10.2. The van der Waals surface area contributed by atoms with E-state index in [1.807, 2.05) is 30.3 Å². The number of rotatable bonds is 5. The number of para-hydroxylation sites is 1. The molecule has 0 aliphatic carbocycles. The molecular formula is C17H23N3O2. The highest BCUT2D eigenvalue weighted by Crippen LogP contribution is 2.10. The van der Waals surface area contributed by atoms with Gasteiger partial charge in [0.05, 0.1) is 13.2 Å². The standard InChI is InChI=1S/C17H23N3O2/c1-13(12-20-6-8-22-9-7-20)18-11-15-10-14-4-2-3-5-16(14)19-17(15)21/h2-5,10,13,18H,6-9,11-12H2,1H3,(H,19,21). The maximum atomic E-state index is 12.1. The number of H-pyrrole nitrogens is 1. The van der Waals surface area contributed by atoms with Gasteiger partial charge in [0.2, 0.25) is 0 Å². The van der Waals surface area contributed by atoms with Gasteiger partial charge in [-0.3, -0.25) is 9.69 Å². The van der Waals surface area contributed by atoms with Crippen molar-refractivity contribution in [2.24, 2.45) is 0 Å². The highest BCUT2D eigenvalue weighted by molar-refractivity contribution is 5.78. The van der Waals surface area contributed by atoms with E-state index in [2.05, 4.69) is 22.1 Å². The van der Waals surface area contributed by atoms with Crippen LogP contribution in [0.5, 0.6) is 0 Å². The SMILES string of the molecule is CC(CN1CCOCC1)NCc1cc2ccccc2[nH]c1=O. The van der Waals surface area contributed by atoms with E-state index in [0.717, 1.165) is 49.3 Å². The summed E-state index contributed by atoms with van der Waals surface area (Å²) in [4.78, 5) is 17.4. The highest BCUT2D eigenvalue weighted by atomic mass is 16.5. The Morgan fingerprint density at radius 3 is 2.91 bits per heavy atom. The Hall–Kier alpha value is -1.69. The number of hydrogen-bond donors (Lipinski definition) is 2. The second-order valence-corrected chi connectivity index (χ2v) is 5.91. The van der Waals surface area contributed by atoms with E-state index in [1.165, 1.54) is 0 Å². The van der Waals surface area contributed by atoms with E-state index < -0.39 is 0 Å². The lowest BCUT2D eigenvalue weighted by molar-refractivity contribution is 0.0343. The number of benzene rings is 1. The maximum Gasteiger partial charge on any atom is 0.252 e. The molecule has 2 N–H and O–H groups in total. The number of fused-ring (bicyclic) bond motifs is 1.